The summed E-state index contributed by atoms with van der Waals surface area (Å²) in [5.74, 6) is 0.430. The van der Waals surface area contributed by atoms with Gasteiger partial charge >= 0.3 is 0 Å². The van der Waals surface area contributed by atoms with Gasteiger partial charge in [0, 0.05) is 17.7 Å². The van der Waals surface area contributed by atoms with E-state index in [4.69, 9.17) is 16.9 Å². The summed E-state index contributed by atoms with van der Waals surface area (Å²) < 4.78 is 0. The predicted molar refractivity (Wildman–Crippen MR) is 74.9 cm³/mol. The highest BCUT2D eigenvalue weighted by Crippen LogP contribution is 2.24. The molecule has 19 heavy (non-hydrogen) atoms. The van der Waals surface area contributed by atoms with E-state index >= 15 is 0 Å². The Hall–Kier alpha value is -1.06. The first-order valence-corrected chi connectivity index (χ1v) is 7.00. The van der Waals surface area contributed by atoms with Gasteiger partial charge in [-0.05, 0) is 30.2 Å². The third kappa shape index (κ3) is 5.21. The first-order chi connectivity index (χ1) is 8.93. The van der Waals surface area contributed by atoms with E-state index in [2.05, 4.69) is 0 Å². The van der Waals surface area contributed by atoms with Crippen LogP contribution in [0, 0.1) is 11.3 Å². The molecule has 0 saturated carbocycles. The van der Waals surface area contributed by atoms with Crippen LogP contribution < -0.4 is 0 Å². The van der Waals surface area contributed by atoms with Crippen LogP contribution in [-0.4, -0.2) is 27.2 Å². The van der Waals surface area contributed by atoms with E-state index in [1.165, 1.54) is 25.1 Å². The normalized spacial score (nSPS) is 13.6. The quantitative estimate of drug-likeness (QED) is 0.871. The maximum Gasteiger partial charge on any atom is 0.185 e. The Bertz CT molecular complexity index is 501. The van der Waals surface area contributed by atoms with Crippen LogP contribution in [0.1, 0.15) is 30.6 Å². The van der Waals surface area contributed by atoms with Crippen LogP contribution in [0.15, 0.2) is 18.2 Å². The molecule has 102 valence electrons. The number of aliphatic hydroxyl groups excluding tert-OH is 2. The van der Waals surface area contributed by atoms with Crippen molar-refractivity contribution in [3.63, 3.8) is 0 Å². The minimum absolute atomic E-state index is 0.0313. The molecule has 0 aliphatic carbocycles. The SMILES string of the molecule is CC(=O)SCCC(O)C(O)c1cc(Cl)cc(C#N)c1. The Morgan fingerprint density at radius 2 is 2.16 bits per heavy atom. The Kier molecular flexibility index (Phi) is 6.32. The minimum atomic E-state index is -1.13. The summed E-state index contributed by atoms with van der Waals surface area (Å²) >= 11 is 6.93. The summed E-state index contributed by atoms with van der Waals surface area (Å²) in [6, 6.07) is 6.41. The maximum absolute atomic E-state index is 10.8. The average molecular weight is 300 g/mol. The van der Waals surface area contributed by atoms with Gasteiger partial charge in [-0.1, -0.05) is 23.4 Å². The van der Waals surface area contributed by atoms with E-state index in [-0.39, 0.29) is 11.5 Å². The van der Waals surface area contributed by atoms with E-state index in [0.29, 0.717) is 21.9 Å². The zero-order valence-corrected chi connectivity index (χ0v) is 11.9. The largest absolute Gasteiger partial charge is 0.390 e. The number of aliphatic hydroxyl groups is 2. The van der Waals surface area contributed by atoms with Crippen LogP contribution in [0.3, 0.4) is 0 Å². The number of hydrogen-bond acceptors (Lipinski definition) is 5. The Balaban J connectivity index is 2.71. The molecule has 0 bridgehead atoms. The van der Waals surface area contributed by atoms with Crippen LogP contribution in [0.2, 0.25) is 5.02 Å². The standard InChI is InChI=1S/C13H14ClNO3S/c1-8(16)19-3-2-12(17)13(18)10-4-9(7-15)5-11(14)6-10/h4-6,12-13,17-18H,2-3H2,1H3. The van der Waals surface area contributed by atoms with Crippen molar-refractivity contribution in [3.8, 4) is 6.07 Å². The Morgan fingerprint density at radius 1 is 1.47 bits per heavy atom. The Morgan fingerprint density at radius 3 is 2.74 bits per heavy atom. The molecule has 4 nitrogen and oxygen atoms in total. The number of halogens is 1. The highest BCUT2D eigenvalue weighted by molar-refractivity contribution is 8.13. The fourth-order valence-electron chi connectivity index (χ4n) is 1.55. The topological polar surface area (TPSA) is 81.3 Å². The van der Waals surface area contributed by atoms with Crippen LogP contribution in [0.5, 0.6) is 0 Å². The lowest BCUT2D eigenvalue weighted by Crippen LogP contribution is -2.19. The molecule has 0 radical (unpaired) electrons. The molecular weight excluding hydrogens is 286 g/mol. The summed E-state index contributed by atoms with van der Waals surface area (Å²) in [5.41, 5.74) is 0.719. The molecule has 0 heterocycles. The molecule has 0 aliphatic rings. The van der Waals surface area contributed by atoms with Crippen molar-refractivity contribution in [2.45, 2.75) is 25.6 Å². The van der Waals surface area contributed by atoms with Crippen molar-refractivity contribution in [2.24, 2.45) is 0 Å². The van der Waals surface area contributed by atoms with Gasteiger partial charge in [0.2, 0.25) is 0 Å². The fraction of sp³-hybridized carbons (Fsp3) is 0.385. The predicted octanol–water partition coefficient (Wildman–Crippen LogP) is 2.28. The second-order valence-corrected chi connectivity index (χ2v) is 5.73. The highest BCUT2D eigenvalue weighted by atomic mass is 35.5. The number of carbonyl (C=O) groups excluding carboxylic acids is 1. The smallest absolute Gasteiger partial charge is 0.185 e. The molecule has 6 heteroatoms. The molecule has 0 aromatic heterocycles. The lowest BCUT2D eigenvalue weighted by atomic mass is 10.0. The lowest BCUT2D eigenvalue weighted by molar-refractivity contribution is -0.109. The van der Waals surface area contributed by atoms with E-state index in [1.54, 1.807) is 0 Å². The van der Waals surface area contributed by atoms with Crippen molar-refractivity contribution in [1.29, 1.82) is 5.26 Å². The van der Waals surface area contributed by atoms with Crippen LogP contribution in [0.4, 0.5) is 0 Å². The van der Waals surface area contributed by atoms with E-state index in [1.807, 2.05) is 6.07 Å². The molecule has 0 spiro atoms. The summed E-state index contributed by atoms with van der Waals surface area (Å²) in [6.07, 6.45) is -1.85. The van der Waals surface area contributed by atoms with Gasteiger partial charge in [-0.15, -0.1) is 0 Å². The summed E-state index contributed by atoms with van der Waals surface area (Å²) in [7, 11) is 0. The number of nitrogens with zero attached hydrogens (tertiary/aromatic N) is 1. The summed E-state index contributed by atoms with van der Waals surface area (Å²) in [4.78, 5) is 10.8. The molecule has 0 fully saturated rings. The van der Waals surface area contributed by atoms with Gasteiger partial charge in [0.05, 0.1) is 17.7 Å². The third-order valence-electron chi connectivity index (χ3n) is 2.47. The van der Waals surface area contributed by atoms with Gasteiger partial charge in [-0.25, -0.2) is 0 Å². The molecule has 2 unspecified atom stereocenters. The number of rotatable bonds is 5. The molecule has 1 aromatic rings. The second kappa shape index (κ2) is 7.51. The van der Waals surface area contributed by atoms with Gasteiger partial charge in [-0.2, -0.15) is 5.26 Å². The van der Waals surface area contributed by atoms with E-state index < -0.39 is 12.2 Å². The summed E-state index contributed by atoms with van der Waals surface area (Å²) in [5, 5.41) is 28.9. The molecule has 2 N–H and O–H groups in total. The van der Waals surface area contributed by atoms with Crippen molar-refractivity contribution in [2.75, 3.05) is 5.75 Å². The van der Waals surface area contributed by atoms with E-state index in [0.717, 1.165) is 11.8 Å². The molecule has 0 aliphatic heterocycles. The highest BCUT2D eigenvalue weighted by Gasteiger charge is 2.19. The first kappa shape index (κ1) is 16.0. The average Bonchev–Trinajstić information content (AvgIpc) is 2.36. The fourth-order valence-corrected chi connectivity index (χ4v) is 2.44. The molecule has 0 amide bonds. The van der Waals surface area contributed by atoms with Crippen molar-refractivity contribution in [3.05, 3.63) is 34.3 Å². The monoisotopic (exact) mass is 299 g/mol. The van der Waals surface area contributed by atoms with Gasteiger partial charge in [0.1, 0.15) is 6.10 Å². The second-order valence-electron chi connectivity index (χ2n) is 4.03. The van der Waals surface area contributed by atoms with Crippen molar-refractivity contribution in [1.82, 2.24) is 0 Å². The van der Waals surface area contributed by atoms with Gasteiger partial charge < -0.3 is 10.2 Å². The van der Waals surface area contributed by atoms with E-state index in [9.17, 15) is 15.0 Å². The molecular formula is C13H14ClNO3S. The van der Waals surface area contributed by atoms with Crippen LogP contribution in [0.25, 0.3) is 0 Å². The zero-order valence-electron chi connectivity index (χ0n) is 10.3. The number of carbonyl (C=O) groups is 1. The molecule has 1 rings (SSSR count). The maximum atomic E-state index is 10.8. The van der Waals surface area contributed by atoms with Gasteiger partial charge in [0.25, 0.3) is 0 Å². The van der Waals surface area contributed by atoms with Crippen molar-refractivity contribution >= 4 is 28.5 Å². The van der Waals surface area contributed by atoms with Crippen LogP contribution in [-0.2, 0) is 4.79 Å². The number of thioether (sulfide) groups is 1. The minimum Gasteiger partial charge on any atom is -0.390 e. The van der Waals surface area contributed by atoms with Crippen LogP contribution >= 0.6 is 23.4 Å². The molecule has 0 saturated heterocycles. The van der Waals surface area contributed by atoms with Gasteiger partial charge in [0.15, 0.2) is 5.12 Å². The zero-order chi connectivity index (χ0) is 14.4. The number of hydrogen-bond donors (Lipinski definition) is 2. The Labute approximate surface area is 121 Å². The molecule has 2 atom stereocenters. The molecule has 1 aromatic carbocycles. The lowest BCUT2D eigenvalue weighted by Gasteiger charge is -2.18. The first-order valence-electron chi connectivity index (χ1n) is 5.64. The number of nitriles is 1. The van der Waals surface area contributed by atoms with Crippen molar-refractivity contribution < 1.29 is 15.0 Å². The summed E-state index contributed by atoms with van der Waals surface area (Å²) in [6.45, 7) is 1.45. The number of benzene rings is 1. The third-order valence-corrected chi connectivity index (χ3v) is 3.54. The van der Waals surface area contributed by atoms with Gasteiger partial charge in [-0.3, -0.25) is 4.79 Å².